The zero-order valence-electron chi connectivity index (χ0n) is 12.6. The molecule has 2 amide bonds. The third kappa shape index (κ3) is 6.57. The molecule has 0 atom stereocenters. The predicted octanol–water partition coefficient (Wildman–Crippen LogP) is 0.892. The monoisotopic (exact) mass is 269 g/mol. The van der Waals surface area contributed by atoms with E-state index in [-0.39, 0.29) is 23.4 Å². The lowest BCUT2D eigenvalue weighted by Gasteiger charge is -2.31. The van der Waals surface area contributed by atoms with Crippen LogP contribution in [-0.2, 0) is 9.59 Å². The molecule has 0 radical (unpaired) electrons. The summed E-state index contributed by atoms with van der Waals surface area (Å²) < 4.78 is 0. The van der Waals surface area contributed by atoms with E-state index in [4.69, 9.17) is 0 Å². The number of piperidine rings is 1. The summed E-state index contributed by atoms with van der Waals surface area (Å²) in [6, 6.07) is 0.220. The van der Waals surface area contributed by atoms with Crippen LogP contribution < -0.4 is 10.6 Å². The molecule has 0 unspecified atom stereocenters. The molecule has 1 heterocycles. The highest BCUT2D eigenvalue weighted by Gasteiger charge is 2.21. The second-order valence-electron chi connectivity index (χ2n) is 6.27. The van der Waals surface area contributed by atoms with Gasteiger partial charge in [-0.3, -0.25) is 9.59 Å². The molecule has 110 valence electrons. The van der Waals surface area contributed by atoms with Crippen molar-refractivity contribution in [2.75, 3.05) is 19.6 Å². The number of carbonyl (C=O) groups excluding carboxylic acids is 2. The molecular weight excluding hydrogens is 242 g/mol. The zero-order valence-corrected chi connectivity index (χ0v) is 12.6. The summed E-state index contributed by atoms with van der Waals surface area (Å²) in [5, 5.41) is 6.35. The molecule has 0 bridgehead atoms. The van der Waals surface area contributed by atoms with Crippen LogP contribution in [0.1, 0.15) is 47.0 Å². The van der Waals surface area contributed by atoms with E-state index in [2.05, 4.69) is 31.4 Å². The molecule has 0 aromatic rings. The molecule has 1 fully saturated rings. The Hall–Kier alpha value is -1.10. The summed E-state index contributed by atoms with van der Waals surface area (Å²) in [4.78, 5) is 24.8. The molecule has 1 aliphatic heterocycles. The van der Waals surface area contributed by atoms with Crippen LogP contribution in [0.2, 0.25) is 0 Å². The van der Waals surface area contributed by atoms with Crippen LogP contribution in [0.25, 0.3) is 0 Å². The fraction of sp³-hybridized carbons (Fsp3) is 0.857. The van der Waals surface area contributed by atoms with Gasteiger partial charge in [-0.25, -0.2) is 0 Å². The minimum Gasteiger partial charge on any atom is -0.353 e. The van der Waals surface area contributed by atoms with Gasteiger partial charge >= 0.3 is 0 Å². The zero-order chi connectivity index (χ0) is 14.5. The molecule has 2 N–H and O–H groups in total. The molecule has 5 heteroatoms. The molecule has 0 aliphatic carbocycles. The minimum atomic E-state index is 0.0487. The maximum Gasteiger partial charge on any atom is 0.221 e. The van der Waals surface area contributed by atoms with Crippen LogP contribution in [0, 0.1) is 0 Å². The van der Waals surface area contributed by atoms with Crippen molar-refractivity contribution in [1.29, 1.82) is 0 Å². The van der Waals surface area contributed by atoms with Crippen LogP contribution in [0.5, 0.6) is 0 Å². The first-order valence-electron chi connectivity index (χ1n) is 7.08. The Balaban J connectivity index is 2.18. The molecule has 0 saturated carbocycles. The van der Waals surface area contributed by atoms with E-state index in [1.807, 2.05) is 4.90 Å². The first-order chi connectivity index (χ1) is 8.78. The molecule has 1 saturated heterocycles. The van der Waals surface area contributed by atoms with E-state index < -0.39 is 0 Å². The van der Waals surface area contributed by atoms with Crippen molar-refractivity contribution in [3.05, 3.63) is 0 Å². The Labute approximate surface area is 116 Å². The third-order valence-electron chi connectivity index (χ3n) is 3.31. The first-order valence-corrected chi connectivity index (χ1v) is 7.08. The Morgan fingerprint density at radius 1 is 1.21 bits per heavy atom. The summed E-state index contributed by atoms with van der Waals surface area (Å²) in [5.74, 6) is 0.220. The summed E-state index contributed by atoms with van der Waals surface area (Å²) >= 11 is 0. The van der Waals surface area contributed by atoms with Crippen molar-refractivity contribution in [2.45, 2.75) is 58.5 Å². The van der Waals surface area contributed by atoms with Crippen molar-refractivity contribution in [3.63, 3.8) is 0 Å². The fourth-order valence-corrected chi connectivity index (χ4v) is 2.19. The standard InChI is InChI=1S/C14H27N3O2/c1-11(18)17-9-6-12(7-10-17)16-13(19)5-8-15-14(2,3)4/h12,15H,5-10H2,1-4H3,(H,16,19). The number of nitrogens with zero attached hydrogens (tertiary/aromatic N) is 1. The fourth-order valence-electron chi connectivity index (χ4n) is 2.19. The number of likely N-dealkylation sites (tertiary alicyclic amines) is 1. The Morgan fingerprint density at radius 3 is 2.26 bits per heavy atom. The quantitative estimate of drug-likeness (QED) is 0.797. The van der Waals surface area contributed by atoms with Gasteiger partial charge in [0.2, 0.25) is 11.8 Å². The van der Waals surface area contributed by atoms with Gasteiger partial charge in [0, 0.05) is 44.6 Å². The van der Waals surface area contributed by atoms with Gasteiger partial charge in [-0.05, 0) is 33.6 Å². The number of carbonyl (C=O) groups is 2. The lowest BCUT2D eigenvalue weighted by Crippen LogP contribution is -2.46. The topological polar surface area (TPSA) is 61.4 Å². The van der Waals surface area contributed by atoms with Gasteiger partial charge in [-0.2, -0.15) is 0 Å². The van der Waals surface area contributed by atoms with Crippen LogP contribution in [0.15, 0.2) is 0 Å². The highest BCUT2D eigenvalue weighted by molar-refractivity contribution is 5.76. The van der Waals surface area contributed by atoms with E-state index in [1.54, 1.807) is 6.92 Å². The molecule has 0 spiro atoms. The van der Waals surface area contributed by atoms with Gasteiger partial charge in [-0.15, -0.1) is 0 Å². The minimum absolute atomic E-state index is 0.0487. The normalized spacial score (nSPS) is 17.4. The third-order valence-corrected chi connectivity index (χ3v) is 3.31. The Bertz CT molecular complexity index is 315. The smallest absolute Gasteiger partial charge is 0.221 e. The van der Waals surface area contributed by atoms with E-state index in [0.29, 0.717) is 13.0 Å². The van der Waals surface area contributed by atoms with Crippen LogP contribution in [0.3, 0.4) is 0 Å². The molecule has 0 aromatic heterocycles. The van der Waals surface area contributed by atoms with Crippen molar-refractivity contribution in [1.82, 2.24) is 15.5 Å². The molecule has 5 nitrogen and oxygen atoms in total. The average molecular weight is 269 g/mol. The molecule has 19 heavy (non-hydrogen) atoms. The van der Waals surface area contributed by atoms with Crippen molar-refractivity contribution in [3.8, 4) is 0 Å². The van der Waals surface area contributed by atoms with Crippen LogP contribution in [-0.4, -0.2) is 47.9 Å². The molecule has 0 aromatic carbocycles. The summed E-state index contributed by atoms with van der Waals surface area (Å²) in [6.45, 7) is 10.0. The second kappa shape index (κ2) is 6.89. The maximum atomic E-state index is 11.8. The van der Waals surface area contributed by atoms with Gasteiger partial charge in [0.15, 0.2) is 0 Å². The van der Waals surface area contributed by atoms with Crippen molar-refractivity contribution in [2.24, 2.45) is 0 Å². The Kier molecular flexibility index (Phi) is 5.79. The van der Waals surface area contributed by atoms with E-state index >= 15 is 0 Å². The van der Waals surface area contributed by atoms with E-state index in [1.165, 1.54) is 0 Å². The first kappa shape index (κ1) is 16.0. The summed E-state index contributed by atoms with van der Waals surface area (Å²) in [7, 11) is 0. The predicted molar refractivity (Wildman–Crippen MR) is 75.8 cm³/mol. The van der Waals surface area contributed by atoms with E-state index in [0.717, 1.165) is 25.9 Å². The molecule has 1 aliphatic rings. The van der Waals surface area contributed by atoms with Crippen molar-refractivity contribution < 1.29 is 9.59 Å². The largest absolute Gasteiger partial charge is 0.353 e. The summed E-state index contributed by atoms with van der Waals surface area (Å²) in [5.41, 5.74) is 0.0487. The maximum absolute atomic E-state index is 11.8. The van der Waals surface area contributed by atoms with Gasteiger partial charge in [-0.1, -0.05) is 0 Å². The Morgan fingerprint density at radius 2 is 1.79 bits per heavy atom. The number of hydrogen-bond donors (Lipinski definition) is 2. The van der Waals surface area contributed by atoms with Gasteiger partial charge in [0.1, 0.15) is 0 Å². The highest BCUT2D eigenvalue weighted by Crippen LogP contribution is 2.10. The lowest BCUT2D eigenvalue weighted by molar-refractivity contribution is -0.130. The number of nitrogens with one attached hydrogen (secondary N) is 2. The lowest BCUT2D eigenvalue weighted by atomic mass is 10.0. The number of amides is 2. The SMILES string of the molecule is CC(=O)N1CCC(NC(=O)CCNC(C)(C)C)CC1. The molecular formula is C14H27N3O2. The molecule has 1 rings (SSSR count). The van der Waals surface area contributed by atoms with Gasteiger partial charge in [0.05, 0.1) is 0 Å². The van der Waals surface area contributed by atoms with E-state index in [9.17, 15) is 9.59 Å². The summed E-state index contributed by atoms with van der Waals surface area (Å²) in [6.07, 6.45) is 2.22. The number of rotatable bonds is 4. The van der Waals surface area contributed by atoms with Crippen LogP contribution in [0.4, 0.5) is 0 Å². The van der Waals surface area contributed by atoms with Gasteiger partial charge in [0.25, 0.3) is 0 Å². The second-order valence-corrected chi connectivity index (χ2v) is 6.27. The number of hydrogen-bond acceptors (Lipinski definition) is 3. The van der Waals surface area contributed by atoms with Gasteiger partial charge < -0.3 is 15.5 Å². The van der Waals surface area contributed by atoms with Crippen LogP contribution >= 0.6 is 0 Å². The average Bonchev–Trinajstić information content (AvgIpc) is 2.27. The van der Waals surface area contributed by atoms with Crippen molar-refractivity contribution >= 4 is 11.8 Å². The highest BCUT2D eigenvalue weighted by atomic mass is 16.2.